The van der Waals surface area contributed by atoms with Crippen molar-refractivity contribution in [1.82, 2.24) is 4.90 Å². The first kappa shape index (κ1) is 18.9. The van der Waals surface area contributed by atoms with Crippen LogP contribution in [0.1, 0.15) is 10.4 Å². The molecule has 0 unspecified atom stereocenters. The molecule has 6 heteroatoms. The fraction of sp³-hybridized carbons (Fsp3) is 0.217. The fourth-order valence-corrected chi connectivity index (χ4v) is 3.62. The monoisotopic (exact) mass is 392 g/mol. The molecule has 1 aliphatic rings. The lowest BCUT2D eigenvalue weighted by molar-refractivity contribution is -0.133. The molecule has 0 saturated carbocycles. The summed E-state index contributed by atoms with van der Waals surface area (Å²) < 4.78 is 18.8. The quantitative estimate of drug-likeness (QED) is 0.624. The van der Waals surface area contributed by atoms with Crippen molar-refractivity contribution in [2.75, 3.05) is 37.7 Å². The number of hydrogen-bond donors (Lipinski definition) is 0. The first-order valence-electron chi connectivity index (χ1n) is 9.54. The fourth-order valence-electron chi connectivity index (χ4n) is 3.62. The predicted molar refractivity (Wildman–Crippen MR) is 110 cm³/mol. The van der Waals surface area contributed by atoms with Crippen molar-refractivity contribution >= 4 is 28.7 Å². The number of hydrogen-bond acceptors (Lipinski definition) is 4. The Morgan fingerprint density at radius 2 is 1.69 bits per heavy atom. The first-order valence-corrected chi connectivity index (χ1v) is 9.54. The van der Waals surface area contributed by atoms with E-state index < -0.39 is 0 Å². The number of piperazine rings is 1. The average Bonchev–Trinajstić information content (AvgIpc) is 2.77. The minimum atomic E-state index is -0.261. The summed E-state index contributed by atoms with van der Waals surface area (Å²) in [4.78, 5) is 28.0. The zero-order valence-electron chi connectivity index (χ0n) is 15.9. The Balaban J connectivity index is 1.36. The van der Waals surface area contributed by atoms with Gasteiger partial charge in [0.15, 0.2) is 12.9 Å². The number of nitrogens with zero attached hydrogens (tertiary/aromatic N) is 2. The van der Waals surface area contributed by atoms with Gasteiger partial charge in [-0.1, -0.05) is 30.3 Å². The summed E-state index contributed by atoms with van der Waals surface area (Å²) in [7, 11) is 0. The van der Waals surface area contributed by atoms with Gasteiger partial charge < -0.3 is 14.5 Å². The summed E-state index contributed by atoms with van der Waals surface area (Å²) in [6, 6.07) is 17.5. The lowest BCUT2D eigenvalue weighted by atomic mass is 10.0. The van der Waals surface area contributed by atoms with Crippen LogP contribution in [0.25, 0.3) is 10.8 Å². The Morgan fingerprint density at radius 3 is 2.41 bits per heavy atom. The number of amides is 1. The molecule has 0 radical (unpaired) electrons. The highest BCUT2D eigenvalue weighted by atomic mass is 19.1. The van der Waals surface area contributed by atoms with Crippen molar-refractivity contribution in [2.45, 2.75) is 0 Å². The van der Waals surface area contributed by atoms with E-state index in [1.165, 1.54) is 12.1 Å². The number of anilines is 1. The van der Waals surface area contributed by atoms with Crippen LogP contribution in [0.2, 0.25) is 0 Å². The number of carbonyl (C=O) groups is 2. The SMILES string of the molecule is O=Cc1c(OCC(=O)N2CCN(c3ccc(F)cc3)CC2)ccc2ccccc12. The zero-order valence-corrected chi connectivity index (χ0v) is 15.9. The lowest BCUT2D eigenvalue weighted by Gasteiger charge is -2.36. The van der Waals surface area contributed by atoms with Crippen molar-refractivity contribution in [1.29, 1.82) is 0 Å². The van der Waals surface area contributed by atoms with Gasteiger partial charge in [0.1, 0.15) is 11.6 Å². The van der Waals surface area contributed by atoms with E-state index in [9.17, 15) is 14.0 Å². The van der Waals surface area contributed by atoms with Gasteiger partial charge in [-0.3, -0.25) is 9.59 Å². The second kappa shape index (κ2) is 8.31. The third kappa shape index (κ3) is 4.06. The Morgan fingerprint density at radius 1 is 0.966 bits per heavy atom. The van der Waals surface area contributed by atoms with E-state index >= 15 is 0 Å². The second-order valence-electron chi connectivity index (χ2n) is 6.95. The summed E-state index contributed by atoms with van der Waals surface area (Å²) in [5, 5.41) is 1.76. The molecule has 1 saturated heterocycles. The van der Waals surface area contributed by atoms with E-state index in [1.807, 2.05) is 30.3 Å². The van der Waals surface area contributed by atoms with E-state index in [0.29, 0.717) is 37.5 Å². The minimum Gasteiger partial charge on any atom is -0.483 e. The van der Waals surface area contributed by atoms with Crippen LogP contribution in [0.4, 0.5) is 10.1 Å². The van der Waals surface area contributed by atoms with Gasteiger partial charge in [0, 0.05) is 31.9 Å². The highest BCUT2D eigenvalue weighted by molar-refractivity contribution is 6.00. The number of aldehydes is 1. The Hall–Kier alpha value is -3.41. The first-order chi connectivity index (χ1) is 14.2. The molecule has 29 heavy (non-hydrogen) atoms. The average molecular weight is 392 g/mol. The second-order valence-corrected chi connectivity index (χ2v) is 6.95. The summed E-state index contributed by atoms with van der Waals surface area (Å²) in [6.07, 6.45) is 0.767. The number of fused-ring (bicyclic) bond motifs is 1. The van der Waals surface area contributed by atoms with Crippen molar-refractivity contribution < 1.29 is 18.7 Å². The minimum absolute atomic E-state index is 0.115. The van der Waals surface area contributed by atoms with Crippen LogP contribution in [-0.2, 0) is 4.79 Å². The molecular formula is C23H21FN2O3. The van der Waals surface area contributed by atoms with Gasteiger partial charge in [-0.15, -0.1) is 0 Å². The van der Waals surface area contributed by atoms with Crippen LogP contribution in [-0.4, -0.2) is 49.9 Å². The van der Waals surface area contributed by atoms with Crippen LogP contribution >= 0.6 is 0 Å². The van der Waals surface area contributed by atoms with Crippen LogP contribution in [0.15, 0.2) is 60.7 Å². The molecule has 0 N–H and O–H groups in total. The van der Waals surface area contributed by atoms with E-state index in [1.54, 1.807) is 23.1 Å². The molecule has 3 aromatic carbocycles. The van der Waals surface area contributed by atoms with Crippen molar-refractivity contribution in [3.63, 3.8) is 0 Å². The summed E-state index contributed by atoms with van der Waals surface area (Å²) in [6.45, 7) is 2.37. The third-order valence-corrected chi connectivity index (χ3v) is 5.22. The van der Waals surface area contributed by atoms with Crippen molar-refractivity contribution in [3.05, 3.63) is 72.0 Å². The molecule has 1 heterocycles. The van der Waals surface area contributed by atoms with E-state index in [0.717, 1.165) is 22.7 Å². The molecule has 3 aromatic rings. The number of benzene rings is 3. The number of halogens is 1. The standard InChI is InChI=1S/C23H21FN2O3/c24-18-6-8-19(9-7-18)25-11-13-26(14-12-25)23(28)16-29-22-10-5-17-3-1-2-4-20(17)21(22)15-27/h1-10,15H,11-14,16H2. The maximum absolute atomic E-state index is 13.1. The molecule has 4 rings (SSSR count). The highest BCUT2D eigenvalue weighted by Crippen LogP contribution is 2.26. The number of carbonyl (C=O) groups excluding carboxylic acids is 2. The summed E-state index contributed by atoms with van der Waals surface area (Å²) in [5.41, 5.74) is 1.40. The largest absolute Gasteiger partial charge is 0.483 e. The van der Waals surface area contributed by atoms with E-state index in [4.69, 9.17) is 4.74 Å². The molecular weight excluding hydrogens is 371 g/mol. The van der Waals surface area contributed by atoms with Gasteiger partial charge in [-0.05, 0) is 41.1 Å². The smallest absolute Gasteiger partial charge is 0.260 e. The van der Waals surface area contributed by atoms with E-state index in [-0.39, 0.29) is 18.3 Å². The molecule has 0 atom stereocenters. The zero-order chi connectivity index (χ0) is 20.2. The van der Waals surface area contributed by atoms with E-state index in [2.05, 4.69) is 4.90 Å². The lowest BCUT2D eigenvalue weighted by Crippen LogP contribution is -2.50. The molecule has 0 bridgehead atoms. The van der Waals surface area contributed by atoms with Gasteiger partial charge in [0.2, 0.25) is 0 Å². The normalized spacial score (nSPS) is 14.1. The van der Waals surface area contributed by atoms with Crippen LogP contribution in [0.3, 0.4) is 0 Å². The van der Waals surface area contributed by atoms with Crippen LogP contribution in [0.5, 0.6) is 5.75 Å². The molecule has 0 aromatic heterocycles. The van der Waals surface area contributed by atoms with Crippen molar-refractivity contribution in [2.24, 2.45) is 0 Å². The summed E-state index contributed by atoms with van der Waals surface area (Å²) in [5.74, 6) is 0.0360. The van der Waals surface area contributed by atoms with Crippen molar-refractivity contribution in [3.8, 4) is 5.75 Å². The maximum Gasteiger partial charge on any atom is 0.260 e. The van der Waals surface area contributed by atoms with Crippen LogP contribution in [0, 0.1) is 5.82 Å². The Labute approximate surface area is 168 Å². The molecule has 1 amide bonds. The molecule has 5 nitrogen and oxygen atoms in total. The van der Waals surface area contributed by atoms with Gasteiger partial charge in [0.05, 0.1) is 5.56 Å². The molecule has 0 spiro atoms. The van der Waals surface area contributed by atoms with Crippen LogP contribution < -0.4 is 9.64 Å². The Kier molecular flexibility index (Phi) is 5.42. The molecule has 148 valence electrons. The predicted octanol–water partition coefficient (Wildman–Crippen LogP) is 3.52. The topological polar surface area (TPSA) is 49.9 Å². The molecule has 1 fully saturated rings. The number of rotatable bonds is 5. The maximum atomic E-state index is 13.1. The van der Waals surface area contributed by atoms with Gasteiger partial charge in [-0.25, -0.2) is 4.39 Å². The Bertz CT molecular complexity index is 1030. The molecule has 0 aliphatic carbocycles. The highest BCUT2D eigenvalue weighted by Gasteiger charge is 2.22. The number of ether oxygens (including phenoxy) is 1. The van der Waals surface area contributed by atoms with Gasteiger partial charge in [0.25, 0.3) is 5.91 Å². The molecule has 1 aliphatic heterocycles. The van der Waals surface area contributed by atoms with Gasteiger partial charge >= 0.3 is 0 Å². The third-order valence-electron chi connectivity index (χ3n) is 5.22. The van der Waals surface area contributed by atoms with Gasteiger partial charge in [-0.2, -0.15) is 0 Å². The summed E-state index contributed by atoms with van der Waals surface area (Å²) >= 11 is 0.